The molecule has 20 heavy (non-hydrogen) atoms. The number of ether oxygens (including phenoxy) is 1. The summed E-state index contributed by atoms with van der Waals surface area (Å²) in [5.74, 6) is -0.0951. The SMILES string of the molecule is CC(N)(CCCOc1cccc(S(C)(=O)=O)c1)C(N)=O. The Bertz CT molecular complexity index is 582. The number of carbonyl (C=O) groups is 1. The Labute approximate surface area is 119 Å². The van der Waals surface area contributed by atoms with Crippen molar-refractivity contribution >= 4 is 15.7 Å². The number of sulfone groups is 1. The van der Waals surface area contributed by atoms with E-state index in [9.17, 15) is 13.2 Å². The van der Waals surface area contributed by atoms with Crippen molar-refractivity contribution in [2.75, 3.05) is 12.9 Å². The summed E-state index contributed by atoms with van der Waals surface area (Å²) in [5.41, 5.74) is 9.81. The van der Waals surface area contributed by atoms with Gasteiger partial charge in [0.2, 0.25) is 5.91 Å². The molecule has 1 aromatic rings. The van der Waals surface area contributed by atoms with E-state index >= 15 is 0 Å². The Hall–Kier alpha value is -1.60. The molecular formula is C13H20N2O4S. The zero-order chi connectivity index (χ0) is 15.4. The van der Waals surface area contributed by atoms with Crippen molar-refractivity contribution in [1.82, 2.24) is 0 Å². The van der Waals surface area contributed by atoms with Crippen LogP contribution in [0.5, 0.6) is 5.75 Å². The highest BCUT2D eigenvalue weighted by atomic mass is 32.2. The predicted octanol–water partition coefficient (Wildman–Crippen LogP) is 0.452. The quantitative estimate of drug-likeness (QED) is 0.710. The zero-order valence-electron chi connectivity index (χ0n) is 11.6. The highest BCUT2D eigenvalue weighted by molar-refractivity contribution is 7.90. The molecule has 0 spiro atoms. The van der Waals surface area contributed by atoms with Crippen LogP contribution in [0.25, 0.3) is 0 Å². The Balaban J connectivity index is 2.54. The lowest BCUT2D eigenvalue weighted by molar-refractivity contribution is -0.122. The first-order valence-electron chi connectivity index (χ1n) is 6.14. The lowest BCUT2D eigenvalue weighted by atomic mass is 9.97. The van der Waals surface area contributed by atoms with Crippen molar-refractivity contribution in [1.29, 1.82) is 0 Å². The third kappa shape index (κ3) is 4.82. The van der Waals surface area contributed by atoms with Crippen LogP contribution in [0.2, 0.25) is 0 Å². The fourth-order valence-electron chi connectivity index (χ4n) is 1.55. The van der Waals surface area contributed by atoms with Crippen LogP contribution in [-0.4, -0.2) is 32.7 Å². The number of hydrogen-bond acceptors (Lipinski definition) is 5. The van der Waals surface area contributed by atoms with E-state index < -0.39 is 21.3 Å². The second-order valence-electron chi connectivity index (χ2n) is 4.98. The van der Waals surface area contributed by atoms with Crippen molar-refractivity contribution in [3.05, 3.63) is 24.3 Å². The smallest absolute Gasteiger partial charge is 0.237 e. The first-order valence-corrected chi connectivity index (χ1v) is 8.04. The van der Waals surface area contributed by atoms with E-state index in [0.29, 0.717) is 25.2 Å². The van der Waals surface area contributed by atoms with Crippen molar-refractivity contribution < 1.29 is 17.9 Å². The molecule has 4 N–H and O–H groups in total. The number of amides is 1. The van der Waals surface area contributed by atoms with Gasteiger partial charge in [-0.3, -0.25) is 4.79 Å². The van der Waals surface area contributed by atoms with Gasteiger partial charge >= 0.3 is 0 Å². The Morgan fingerprint density at radius 3 is 2.60 bits per heavy atom. The van der Waals surface area contributed by atoms with Crippen LogP contribution in [-0.2, 0) is 14.6 Å². The van der Waals surface area contributed by atoms with E-state index in [1.54, 1.807) is 19.1 Å². The molecule has 0 aromatic heterocycles. The van der Waals surface area contributed by atoms with Gasteiger partial charge in [-0.25, -0.2) is 8.42 Å². The largest absolute Gasteiger partial charge is 0.494 e. The highest BCUT2D eigenvalue weighted by Crippen LogP contribution is 2.18. The predicted molar refractivity (Wildman–Crippen MR) is 76.1 cm³/mol. The minimum absolute atomic E-state index is 0.204. The molecule has 0 aliphatic heterocycles. The summed E-state index contributed by atoms with van der Waals surface area (Å²) in [4.78, 5) is 11.2. The van der Waals surface area contributed by atoms with Crippen molar-refractivity contribution in [2.45, 2.75) is 30.2 Å². The van der Waals surface area contributed by atoms with Gasteiger partial charge in [0.15, 0.2) is 9.84 Å². The average molecular weight is 300 g/mol. The van der Waals surface area contributed by atoms with Crippen molar-refractivity contribution in [3.63, 3.8) is 0 Å². The summed E-state index contributed by atoms with van der Waals surface area (Å²) in [7, 11) is -3.25. The third-order valence-electron chi connectivity index (χ3n) is 2.91. The van der Waals surface area contributed by atoms with Gasteiger partial charge in [-0.1, -0.05) is 6.07 Å². The molecule has 1 atom stereocenters. The molecule has 1 aromatic carbocycles. The summed E-state index contributed by atoms with van der Waals surface area (Å²) >= 11 is 0. The van der Waals surface area contributed by atoms with Crippen LogP contribution in [0, 0.1) is 0 Å². The number of hydrogen-bond donors (Lipinski definition) is 2. The zero-order valence-corrected chi connectivity index (χ0v) is 12.4. The molecule has 0 saturated heterocycles. The van der Waals surface area contributed by atoms with Crippen molar-refractivity contribution in [2.24, 2.45) is 11.5 Å². The van der Waals surface area contributed by atoms with E-state index in [0.717, 1.165) is 6.26 Å². The topological polar surface area (TPSA) is 112 Å². The van der Waals surface area contributed by atoms with Gasteiger partial charge < -0.3 is 16.2 Å². The number of primary amides is 1. The van der Waals surface area contributed by atoms with E-state index in [1.807, 2.05) is 0 Å². The summed E-state index contributed by atoms with van der Waals surface area (Å²) in [6.07, 6.45) is 2.08. The monoisotopic (exact) mass is 300 g/mol. The molecule has 1 amide bonds. The van der Waals surface area contributed by atoms with Crippen LogP contribution >= 0.6 is 0 Å². The molecule has 0 bridgehead atoms. The van der Waals surface area contributed by atoms with E-state index in [-0.39, 0.29) is 4.90 Å². The first kappa shape index (κ1) is 16.5. The van der Waals surface area contributed by atoms with Gasteiger partial charge in [-0.15, -0.1) is 0 Å². The normalized spacial score (nSPS) is 14.6. The fraction of sp³-hybridized carbons (Fsp3) is 0.462. The highest BCUT2D eigenvalue weighted by Gasteiger charge is 2.24. The Morgan fingerprint density at radius 1 is 1.40 bits per heavy atom. The Kier molecular flexibility index (Phi) is 5.13. The van der Waals surface area contributed by atoms with Crippen LogP contribution < -0.4 is 16.2 Å². The van der Waals surface area contributed by atoms with Gasteiger partial charge in [0, 0.05) is 6.26 Å². The standard InChI is InChI=1S/C13H20N2O4S/c1-13(15,12(14)16)7-4-8-19-10-5-3-6-11(9-10)20(2,17)18/h3,5-6,9H,4,7-8,15H2,1-2H3,(H2,14,16). The molecule has 1 unspecified atom stereocenters. The molecule has 0 radical (unpaired) electrons. The molecule has 1 rings (SSSR count). The molecule has 0 fully saturated rings. The Morgan fingerprint density at radius 2 is 2.05 bits per heavy atom. The second-order valence-corrected chi connectivity index (χ2v) is 7.00. The molecule has 0 heterocycles. The average Bonchev–Trinajstić information content (AvgIpc) is 2.34. The molecule has 0 aliphatic rings. The summed E-state index contributed by atoms with van der Waals surface area (Å²) in [6.45, 7) is 1.90. The van der Waals surface area contributed by atoms with E-state index in [4.69, 9.17) is 16.2 Å². The molecule has 112 valence electrons. The number of carbonyl (C=O) groups excluding carboxylic acids is 1. The van der Waals surface area contributed by atoms with E-state index in [2.05, 4.69) is 0 Å². The maximum absolute atomic E-state index is 11.4. The molecule has 0 saturated carbocycles. The van der Waals surface area contributed by atoms with Gasteiger partial charge in [0.1, 0.15) is 5.75 Å². The first-order chi connectivity index (χ1) is 9.13. The van der Waals surface area contributed by atoms with Gasteiger partial charge in [0.25, 0.3) is 0 Å². The molecular weight excluding hydrogens is 280 g/mol. The minimum Gasteiger partial charge on any atom is -0.494 e. The molecule has 6 nitrogen and oxygen atoms in total. The molecule has 0 aliphatic carbocycles. The van der Waals surface area contributed by atoms with Crippen LogP contribution in [0.1, 0.15) is 19.8 Å². The fourth-order valence-corrected chi connectivity index (χ4v) is 2.20. The van der Waals surface area contributed by atoms with Crippen LogP contribution in [0.15, 0.2) is 29.2 Å². The lowest BCUT2D eigenvalue weighted by Crippen LogP contribution is -2.49. The van der Waals surface area contributed by atoms with Gasteiger partial charge in [-0.2, -0.15) is 0 Å². The maximum Gasteiger partial charge on any atom is 0.237 e. The molecule has 7 heteroatoms. The third-order valence-corrected chi connectivity index (χ3v) is 4.02. The summed E-state index contributed by atoms with van der Waals surface area (Å²) < 4.78 is 28.2. The lowest BCUT2D eigenvalue weighted by Gasteiger charge is -2.20. The second kappa shape index (κ2) is 6.23. The minimum atomic E-state index is -3.25. The summed E-state index contributed by atoms with van der Waals surface area (Å²) in [6, 6.07) is 6.25. The van der Waals surface area contributed by atoms with Crippen molar-refractivity contribution in [3.8, 4) is 5.75 Å². The maximum atomic E-state index is 11.4. The van der Waals surface area contributed by atoms with Crippen LogP contribution in [0.4, 0.5) is 0 Å². The number of rotatable bonds is 7. The number of nitrogens with two attached hydrogens (primary N) is 2. The van der Waals surface area contributed by atoms with Gasteiger partial charge in [-0.05, 0) is 38.0 Å². The summed E-state index contributed by atoms with van der Waals surface area (Å²) in [5, 5.41) is 0. The van der Waals surface area contributed by atoms with Gasteiger partial charge in [0.05, 0.1) is 17.0 Å². The number of benzene rings is 1. The van der Waals surface area contributed by atoms with E-state index in [1.165, 1.54) is 12.1 Å². The van der Waals surface area contributed by atoms with Crippen LogP contribution in [0.3, 0.4) is 0 Å².